The topological polar surface area (TPSA) is 97.9 Å². The summed E-state index contributed by atoms with van der Waals surface area (Å²) < 4.78 is 17.6. The Morgan fingerprint density at radius 2 is 1.54 bits per heavy atom. The maximum Gasteiger partial charge on any atom is 0.317 e. The summed E-state index contributed by atoms with van der Waals surface area (Å²) in [6, 6.07) is 32.5. The first-order valence-electron chi connectivity index (χ1n) is 13.4. The zero-order chi connectivity index (χ0) is 28.4. The van der Waals surface area contributed by atoms with Crippen molar-refractivity contribution in [2.45, 2.75) is 26.4 Å². The number of hydrogen-bond acceptors (Lipinski definition) is 7. The molecule has 0 bridgehead atoms. The highest BCUT2D eigenvalue weighted by Crippen LogP contribution is 2.23. The molecule has 0 saturated carbocycles. The fourth-order valence-corrected chi connectivity index (χ4v) is 4.38. The molecule has 0 atom stereocenters. The molecule has 208 valence electrons. The predicted molar refractivity (Wildman–Crippen MR) is 155 cm³/mol. The van der Waals surface area contributed by atoms with Gasteiger partial charge in [0.05, 0.1) is 24.5 Å². The molecule has 0 aliphatic rings. The molecule has 5 aromatic rings. The van der Waals surface area contributed by atoms with Crippen LogP contribution in [0.1, 0.15) is 22.7 Å². The molecule has 0 saturated heterocycles. The molecule has 8 heteroatoms. The van der Waals surface area contributed by atoms with Crippen molar-refractivity contribution in [2.24, 2.45) is 0 Å². The van der Waals surface area contributed by atoms with Gasteiger partial charge in [0.2, 0.25) is 11.8 Å². The highest BCUT2D eigenvalue weighted by Gasteiger charge is 2.14. The van der Waals surface area contributed by atoms with Crippen molar-refractivity contribution in [1.82, 2.24) is 14.9 Å². The van der Waals surface area contributed by atoms with Crippen LogP contribution in [0.4, 0.5) is 0 Å². The van der Waals surface area contributed by atoms with Crippen molar-refractivity contribution in [2.75, 3.05) is 13.2 Å². The third kappa shape index (κ3) is 8.03. The molecule has 41 heavy (non-hydrogen) atoms. The SMILES string of the molecule is Cc1oc(-c2ccccc2)nc1CCOc1cccc(CN(CC(=O)O)Cc2ccc(Oc3ccccc3)cc2)n1. The van der Waals surface area contributed by atoms with Gasteiger partial charge < -0.3 is 19.0 Å². The van der Waals surface area contributed by atoms with Crippen LogP contribution in [-0.4, -0.2) is 39.1 Å². The van der Waals surface area contributed by atoms with Crippen molar-refractivity contribution in [3.8, 4) is 28.8 Å². The Morgan fingerprint density at radius 1 is 0.829 bits per heavy atom. The lowest BCUT2D eigenvalue weighted by molar-refractivity contribution is -0.138. The van der Waals surface area contributed by atoms with Gasteiger partial charge in [0.25, 0.3) is 0 Å². The van der Waals surface area contributed by atoms with Gasteiger partial charge in [0.1, 0.15) is 17.3 Å². The van der Waals surface area contributed by atoms with Crippen molar-refractivity contribution in [1.29, 1.82) is 0 Å². The molecule has 0 unspecified atom stereocenters. The van der Waals surface area contributed by atoms with Gasteiger partial charge in [-0.05, 0) is 55.0 Å². The van der Waals surface area contributed by atoms with Crippen LogP contribution in [0.25, 0.3) is 11.5 Å². The molecule has 2 heterocycles. The number of ether oxygens (including phenoxy) is 2. The van der Waals surface area contributed by atoms with Gasteiger partial charge in [-0.1, -0.05) is 54.6 Å². The number of oxazole rings is 1. The van der Waals surface area contributed by atoms with Crippen LogP contribution in [0, 0.1) is 6.92 Å². The second-order valence-corrected chi connectivity index (χ2v) is 9.55. The van der Waals surface area contributed by atoms with Crippen LogP contribution < -0.4 is 9.47 Å². The Kier molecular flexibility index (Phi) is 9.03. The van der Waals surface area contributed by atoms with E-state index in [-0.39, 0.29) is 6.54 Å². The maximum atomic E-state index is 11.6. The third-order valence-electron chi connectivity index (χ3n) is 6.34. The van der Waals surface area contributed by atoms with E-state index in [1.54, 1.807) is 6.07 Å². The van der Waals surface area contributed by atoms with Crippen LogP contribution in [0.5, 0.6) is 17.4 Å². The van der Waals surface area contributed by atoms with Gasteiger partial charge in [-0.3, -0.25) is 9.69 Å². The summed E-state index contributed by atoms with van der Waals surface area (Å²) in [5.74, 6) is 2.40. The van der Waals surface area contributed by atoms with Gasteiger partial charge in [0.15, 0.2) is 0 Å². The molecule has 0 radical (unpaired) electrons. The van der Waals surface area contributed by atoms with E-state index < -0.39 is 5.97 Å². The molecule has 0 fully saturated rings. The van der Waals surface area contributed by atoms with Crippen molar-refractivity contribution in [3.05, 3.63) is 126 Å². The number of carbonyl (C=O) groups is 1. The molecule has 0 aliphatic carbocycles. The fraction of sp³-hybridized carbons (Fsp3) is 0.182. The van der Waals surface area contributed by atoms with Gasteiger partial charge >= 0.3 is 5.97 Å². The Balaban J connectivity index is 1.17. The van der Waals surface area contributed by atoms with E-state index >= 15 is 0 Å². The first-order valence-corrected chi connectivity index (χ1v) is 13.4. The van der Waals surface area contributed by atoms with Gasteiger partial charge in [-0.2, -0.15) is 0 Å². The first kappa shape index (κ1) is 27.6. The van der Waals surface area contributed by atoms with E-state index in [0.717, 1.165) is 34.0 Å². The molecule has 8 nitrogen and oxygen atoms in total. The number of carboxylic acid groups (broad SMARTS) is 1. The number of hydrogen-bond donors (Lipinski definition) is 1. The summed E-state index contributed by atoms with van der Waals surface area (Å²) in [6.07, 6.45) is 0.573. The molecule has 1 N–H and O–H groups in total. The van der Waals surface area contributed by atoms with E-state index in [1.807, 2.05) is 109 Å². The summed E-state index contributed by atoms with van der Waals surface area (Å²) in [4.78, 5) is 22.6. The number of nitrogens with zero attached hydrogens (tertiary/aromatic N) is 3. The van der Waals surface area contributed by atoms with Crippen LogP contribution in [0.2, 0.25) is 0 Å². The lowest BCUT2D eigenvalue weighted by Gasteiger charge is -2.20. The number of aliphatic carboxylic acids is 1. The zero-order valence-electron chi connectivity index (χ0n) is 22.8. The van der Waals surface area contributed by atoms with E-state index in [2.05, 4.69) is 9.97 Å². The van der Waals surface area contributed by atoms with Crippen LogP contribution in [0.15, 0.2) is 108 Å². The quantitative estimate of drug-likeness (QED) is 0.177. The zero-order valence-corrected chi connectivity index (χ0v) is 22.8. The lowest BCUT2D eigenvalue weighted by Crippen LogP contribution is -2.29. The van der Waals surface area contributed by atoms with Gasteiger partial charge in [0, 0.05) is 31.1 Å². The van der Waals surface area contributed by atoms with E-state index in [4.69, 9.17) is 13.9 Å². The fourth-order valence-electron chi connectivity index (χ4n) is 4.38. The summed E-state index contributed by atoms with van der Waals surface area (Å²) in [7, 11) is 0. The average Bonchev–Trinajstić information content (AvgIpc) is 3.35. The second-order valence-electron chi connectivity index (χ2n) is 9.55. The Hall–Kier alpha value is -4.95. The Labute approximate surface area is 238 Å². The standard InChI is InChI=1S/C33H31N3O5/c1-24-30(35-33(40-24)26-9-4-2-5-10-26)19-20-39-31-14-8-11-27(34-31)22-36(23-32(37)38)21-25-15-17-29(18-16-25)41-28-12-6-3-7-13-28/h2-18H,19-23H2,1H3,(H,37,38). The highest BCUT2D eigenvalue weighted by atomic mass is 16.5. The van der Waals surface area contributed by atoms with E-state index in [9.17, 15) is 9.90 Å². The third-order valence-corrected chi connectivity index (χ3v) is 6.34. The molecule has 3 aromatic carbocycles. The lowest BCUT2D eigenvalue weighted by atomic mass is 10.2. The second kappa shape index (κ2) is 13.4. The summed E-state index contributed by atoms with van der Waals surface area (Å²) in [5.41, 5.74) is 3.46. The molecule has 0 spiro atoms. The summed E-state index contributed by atoms with van der Waals surface area (Å²) >= 11 is 0. The molecule has 5 rings (SSSR count). The molecule has 0 amide bonds. The Morgan fingerprint density at radius 3 is 2.27 bits per heavy atom. The van der Waals surface area contributed by atoms with Gasteiger partial charge in [-0.15, -0.1) is 0 Å². The number of pyridine rings is 1. The van der Waals surface area contributed by atoms with Crippen LogP contribution in [0.3, 0.4) is 0 Å². The maximum absolute atomic E-state index is 11.6. The number of carboxylic acids is 1. The average molecular weight is 550 g/mol. The smallest absolute Gasteiger partial charge is 0.317 e. The van der Waals surface area contributed by atoms with Gasteiger partial charge in [-0.25, -0.2) is 9.97 Å². The number of para-hydroxylation sites is 1. The largest absolute Gasteiger partial charge is 0.480 e. The Bertz CT molecular complexity index is 1550. The molecule has 0 aliphatic heterocycles. The van der Waals surface area contributed by atoms with Crippen molar-refractivity contribution < 1.29 is 23.8 Å². The first-order chi connectivity index (χ1) is 20.0. The molecular weight excluding hydrogens is 518 g/mol. The number of benzene rings is 3. The number of aryl methyl sites for hydroxylation is 1. The number of rotatable bonds is 13. The predicted octanol–water partition coefficient (Wildman–Crippen LogP) is 6.55. The minimum absolute atomic E-state index is 0.121. The molecular formula is C33H31N3O5. The van der Waals surface area contributed by atoms with E-state index in [0.29, 0.717) is 43.6 Å². The van der Waals surface area contributed by atoms with Crippen LogP contribution in [-0.2, 0) is 24.3 Å². The van der Waals surface area contributed by atoms with Crippen molar-refractivity contribution >= 4 is 5.97 Å². The summed E-state index contributed by atoms with van der Waals surface area (Å²) in [6.45, 7) is 2.96. The monoisotopic (exact) mass is 549 g/mol. The normalized spacial score (nSPS) is 11.0. The highest BCUT2D eigenvalue weighted by molar-refractivity contribution is 5.69. The minimum atomic E-state index is -0.903. The van der Waals surface area contributed by atoms with Crippen molar-refractivity contribution in [3.63, 3.8) is 0 Å². The van der Waals surface area contributed by atoms with E-state index in [1.165, 1.54) is 0 Å². The molecule has 2 aromatic heterocycles. The minimum Gasteiger partial charge on any atom is -0.480 e. The summed E-state index contributed by atoms with van der Waals surface area (Å²) in [5, 5.41) is 9.50. The van der Waals surface area contributed by atoms with Crippen LogP contribution >= 0.6 is 0 Å². The number of aromatic nitrogens is 2.